The molecule has 1 fully saturated rings. The van der Waals surface area contributed by atoms with E-state index in [9.17, 15) is 9.59 Å². The first-order valence-corrected chi connectivity index (χ1v) is 10.6. The number of amides is 1. The molecule has 0 saturated heterocycles. The molecule has 0 aliphatic heterocycles. The smallest absolute Gasteiger partial charge is 0.292 e. The standard InChI is InChI=1S/C24H27N5O2/c1-29(2)22-19-10-6-7-11-20(19)27-24(28-22)26-18-14-12-17(13-15-18)25-23(31)21(30)16-8-4-3-5-9-16/h3-11,17-18H,12-15H2,1-2H3,(H,25,31)(H,26,27,28). The van der Waals surface area contributed by atoms with Crippen LogP contribution in [0.3, 0.4) is 0 Å². The van der Waals surface area contributed by atoms with Crippen LogP contribution in [0.25, 0.3) is 10.9 Å². The maximum absolute atomic E-state index is 12.3. The van der Waals surface area contributed by atoms with Gasteiger partial charge in [0.2, 0.25) is 11.7 Å². The van der Waals surface area contributed by atoms with Gasteiger partial charge in [0.1, 0.15) is 5.82 Å². The second-order valence-electron chi connectivity index (χ2n) is 8.14. The molecule has 160 valence electrons. The molecule has 1 amide bonds. The number of rotatable bonds is 6. The second kappa shape index (κ2) is 9.12. The van der Waals surface area contributed by atoms with Crippen molar-refractivity contribution in [3.05, 3.63) is 60.2 Å². The summed E-state index contributed by atoms with van der Waals surface area (Å²) in [5.74, 6) is 0.486. The number of nitrogens with zero attached hydrogens (tertiary/aromatic N) is 3. The molecule has 0 radical (unpaired) electrons. The highest BCUT2D eigenvalue weighted by Crippen LogP contribution is 2.26. The topological polar surface area (TPSA) is 87.2 Å². The van der Waals surface area contributed by atoms with Crippen molar-refractivity contribution in [2.75, 3.05) is 24.3 Å². The lowest BCUT2D eigenvalue weighted by Gasteiger charge is -2.29. The third-order valence-electron chi connectivity index (χ3n) is 5.64. The Hall–Kier alpha value is -3.48. The number of benzene rings is 2. The summed E-state index contributed by atoms with van der Waals surface area (Å²) in [6, 6.07) is 16.9. The van der Waals surface area contributed by atoms with E-state index in [0.29, 0.717) is 11.5 Å². The third kappa shape index (κ3) is 4.82. The molecule has 3 aromatic rings. The molecule has 1 aliphatic carbocycles. The van der Waals surface area contributed by atoms with Crippen LogP contribution in [0.5, 0.6) is 0 Å². The van der Waals surface area contributed by atoms with E-state index in [-0.39, 0.29) is 12.1 Å². The van der Waals surface area contributed by atoms with Gasteiger partial charge in [0.25, 0.3) is 5.91 Å². The fourth-order valence-corrected chi connectivity index (χ4v) is 4.00. The van der Waals surface area contributed by atoms with Gasteiger partial charge >= 0.3 is 0 Å². The summed E-state index contributed by atoms with van der Waals surface area (Å²) in [5.41, 5.74) is 1.32. The highest BCUT2D eigenvalue weighted by Gasteiger charge is 2.25. The van der Waals surface area contributed by atoms with Gasteiger partial charge in [-0.1, -0.05) is 42.5 Å². The minimum atomic E-state index is -0.531. The number of aromatic nitrogens is 2. The number of Topliss-reactive ketones (excluding diaryl/α,β-unsaturated/α-hetero) is 1. The minimum absolute atomic E-state index is 0.00747. The lowest BCUT2D eigenvalue weighted by atomic mass is 9.91. The van der Waals surface area contributed by atoms with Gasteiger partial charge in [-0.15, -0.1) is 0 Å². The van der Waals surface area contributed by atoms with E-state index in [2.05, 4.69) is 15.6 Å². The first-order valence-electron chi connectivity index (χ1n) is 10.6. The van der Waals surface area contributed by atoms with Crippen LogP contribution in [0, 0.1) is 0 Å². The van der Waals surface area contributed by atoms with E-state index in [1.807, 2.05) is 49.3 Å². The van der Waals surface area contributed by atoms with E-state index in [4.69, 9.17) is 4.98 Å². The van der Waals surface area contributed by atoms with Crippen LogP contribution in [0.1, 0.15) is 36.0 Å². The van der Waals surface area contributed by atoms with Crippen LogP contribution in [0.2, 0.25) is 0 Å². The molecule has 31 heavy (non-hydrogen) atoms. The van der Waals surface area contributed by atoms with Crippen molar-refractivity contribution >= 4 is 34.4 Å². The number of carbonyl (C=O) groups is 2. The fraction of sp³-hybridized carbons (Fsp3) is 0.333. The number of ketones is 1. The van der Waals surface area contributed by atoms with E-state index >= 15 is 0 Å². The Morgan fingerprint density at radius 1 is 0.871 bits per heavy atom. The molecule has 4 rings (SSSR count). The number of carbonyl (C=O) groups excluding carboxylic acids is 2. The third-order valence-corrected chi connectivity index (χ3v) is 5.64. The number of nitrogens with one attached hydrogen (secondary N) is 2. The maximum Gasteiger partial charge on any atom is 0.292 e. The van der Waals surface area contributed by atoms with Gasteiger partial charge in [-0.05, 0) is 37.8 Å². The van der Waals surface area contributed by atoms with Crippen LogP contribution in [0.15, 0.2) is 54.6 Å². The molecule has 7 nitrogen and oxygen atoms in total. The Morgan fingerprint density at radius 2 is 1.52 bits per heavy atom. The number of anilines is 2. The zero-order valence-electron chi connectivity index (χ0n) is 17.8. The summed E-state index contributed by atoms with van der Waals surface area (Å²) in [6.07, 6.45) is 3.36. The van der Waals surface area contributed by atoms with Crippen LogP contribution in [0.4, 0.5) is 11.8 Å². The summed E-state index contributed by atoms with van der Waals surface area (Å²) < 4.78 is 0. The molecule has 1 aromatic heterocycles. The van der Waals surface area contributed by atoms with E-state index in [1.165, 1.54) is 0 Å². The molecule has 1 heterocycles. The zero-order valence-corrected chi connectivity index (χ0v) is 17.8. The van der Waals surface area contributed by atoms with E-state index < -0.39 is 11.7 Å². The molecular formula is C24H27N5O2. The van der Waals surface area contributed by atoms with Crippen molar-refractivity contribution in [1.29, 1.82) is 0 Å². The van der Waals surface area contributed by atoms with E-state index in [1.54, 1.807) is 24.3 Å². The molecule has 0 bridgehead atoms. The van der Waals surface area contributed by atoms with E-state index in [0.717, 1.165) is 42.4 Å². The summed E-state index contributed by atoms with van der Waals surface area (Å²) in [5, 5.41) is 7.38. The minimum Gasteiger partial charge on any atom is -0.362 e. The Morgan fingerprint density at radius 3 is 2.23 bits per heavy atom. The number of para-hydroxylation sites is 1. The molecule has 1 saturated carbocycles. The molecule has 0 unspecified atom stereocenters. The summed E-state index contributed by atoms with van der Waals surface area (Å²) in [7, 11) is 3.95. The molecule has 0 spiro atoms. The van der Waals surface area contributed by atoms with Gasteiger partial charge in [-0.2, -0.15) is 4.98 Å². The second-order valence-corrected chi connectivity index (χ2v) is 8.14. The fourth-order valence-electron chi connectivity index (χ4n) is 4.00. The van der Waals surface area contributed by atoms with Crippen LogP contribution in [-0.4, -0.2) is 47.8 Å². The van der Waals surface area contributed by atoms with Crippen LogP contribution in [-0.2, 0) is 4.79 Å². The SMILES string of the molecule is CN(C)c1nc(NC2CCC(NC(=O)C(=O)c3ccccc3)CC2)nc2ccccc12. The van der Waals surface area contributed by atoms with Crippen molar-refractivity contribution in [2.24, 2.45) is 0 Å². The van der Waals surface area contributed by atoms with Gasteiger partial charge < -0.3 is 15.5 Å². The van der Waals surface area contributed by atoms with Gasteiger partial charge in [0, 0.05) is 37.1 Å². The normalized spacial score (nSPS) is 18.4. The van der Waals surface area contributed by atoms with Crippen LogP contribution < -0.4 is 15.5 Å². The molecule has 7 heteroatoms. The highest BCUT2D eigenvalue weighted by molar-refractivity contribution is 6.42. The Kier molecular flexibility index (Phi) is 6.11. The average Bonchev–Trinajstić information content (AvgIpc) is 2.79. The maximum atomic E-state index is 12.3. The summed E-state index contributed by atoms with van der Waals surface area (Å²) >= 11 is 0. The van der Waals surface area contributed by atoms with Gasteiger partial charge in [0.05, 0.1) is 5.52 Å². The highest BCUT2D eigenvalue weighted by atomic mass is 16.2. The predicted octanol–water partition coefficient (Wildman–Crippen LogP) is 3.42. The number of hydrogen-bond donors (Lipinski definition) is 2. The van der Waals surface area contributed by atoms with Crippen LogP contribution >= 0.6 is 0 Å². The Balaban J connectivity index is 1.35. The van der Waals surface area contributed by atoms with Crippen molar-refractivity contribution in [3.63, 3.8) is 0 Å². The largest absolute Gasteiger partial charge is 0.362 e. The van der Waals surface area contributed by atoms with Gasteiger partial charge in [-0.3, -0.25) is 9.59 Å². The van der Waals surface area contributed by atoms with Crippen molar-refractivity contribution in [2.45, 2.75) is 37.8 Å². The number of fused-ring (bicyclic) bond motifs is 1. The molecule has 0 atom stereocenters. The molecule has 2 aromatic carbocycles. The van der Waals surface area contributed by atoms with Crippen molar-refractivity contribution < 1.29 is 9.59 Å². The first-order chi connectivity index (χ1) is 15.0. The quantitative estimate of drug-likeness (QED) is 0.472. The predicted molar refractivity (Wildman–Crippen MR) is 122 cm³/mol. The lowest BCUT2D eigenvalue weighted by molar-refractivity contribution is -0.117. The number of hydrogen-bond acceptors (Lipinski definition) is 6. The van der Waals surface area contributed by atoms with Crippen molar-refractivity contribution in [1.82, 2.24) is 15.3 Å². The molecular weight excluding hydrogens is 390 g/mol. The molecule has 1 aliphatic rings. The van der Waals surface area contributed by atoms with Gasteiger partial charge in [-0.25, -0.2) is 4.98 Å². The van der Waals surface area contributed by atoms with Gasteiger partial charge in [0.15, 0.2) is 0 Å². The zero-order chi connectivity index (χ0) is 21.8. The Labute approximate surface area is 181 Å². The summed E-state index contributed by atoms with van der Waals surface area (Å²) in [4.78, 5) is 36.0. The molecule has 2 N–H and O–H groups in total. The lowest BCUT2D eigenvalue weighted by Crippen LogP contribution is -2.43. The first kappa shape index (κ1) is 20.8. The average molecular weight is 418 g/mol. The monoisotopic (exact) mass is 417 g/mol. The Bertz CT molecular complexity index is 1080. The summed E-state index contributed by atoms with van der Waals surface area (Å²) in [6.45, 7) is 0. The van der Waals surface area contributed by atoms with Crippen molar-refractivity contribution in [3.8, 4) is 0 Å².